The summed E-state index contributed by atoms with van der Waals surface area (Å²) < 4.78 is 18.8. The molecule has 2 aromatic heterocycles. The number of carbonyl (C=O) groups excluding carboxylic acids is 5. The Bertz CT molecular complexity index is 2610. The van der Waals surface area contributed by atoms with Crippen molar-refractivity contribution in [2.24, 2.45) is 5.73 Å². The van der Waals surface area contributed by atoms with Gasteiger partial charge in [0, 0.05) is 55.0 Å². The Labute approximate surface area is 356 Å². The fourth-order valence-corrected chi connectivity index (χ4v) is 6.38. The molecule has 7 rings (SSSR count). The normalized spacial score (nSPS) is 13.7. The van der Waals surface area contributed by atoms with Crippen LogP contribution in [0.2, 0.25) is 0 Å². The SMILES string of the molecule is C#CC#CC#C.COC(=O)[C@@H](N)Cc1c[nH]c2ccccc12.COC(=O)c1ccc(C2N[C@H](C(=O)OC)Cc3c2[nH]c2ccccc32)cc1.COC(=O)c1ccc(C=O)cc1.[HH].[HH]. The molecule has 0 saturated carbocycles. The van der Waals surface area contributed by atoms with Gasteiger partial charge in [0.15, 0.2) is 0 Å². The molecule has 314 valence electrons. The standard InChI is InChI=1S/C21H20N2O4.C12H14N2O2.C9H8O3.C6H2.2H2/c1-26-20(24)13-9-7-12(8-10-13)18-19-15(11-17(23-18)21(25)27-2)14-5-3-4-6-16(14)22-19;1-16-12(15)10(13)6-8-7-14-11-5-3-2-4-9(8)11;1-12-9(11)8-4-2-7(6-10)3-5-8;1-3-5-6-4-2;;/h3-10,17-18,22-23H,11H2,1-2H3;2-5,7,10,14H,6,13H2,1H3;2-6H,1H3;1-2H;2*1H/t17-,18?;10-;;;;/m00..../s1. The first-order valence-corrected chi connectivity index (χ1v) is 18.6. The molecule has 4 aromatic carbocycles. The molecule has 0 aliphatic carbocycles. The van der Waals surface area contributed by atoms with Gasteiger partial charge in [-0.25, -0.2) is 9.59 Å². The summed E-state index contributed by atoms with van der Waals surface area (Å²) >= 11 is 0. The van der Waals surface area contributed by atoms with Gasteiger partial charge >= 0.3 is 23.9 Å². The monoisotopic (exact) mass is 824 g/mol. The van der Waals surface area contributed by atoms with Gasteiger partial charge in [-0.1, -0.05) is 60.7 Å². The van der Waals surface area contributed by atoms with Crippen molar-refractivity contribution in [2.45, 2.75) is 31.0 Å². The lowest BCUT2D eigenvalue weighted by Crippen LogP contribution is -2.45. The molecule has 1 unspecified atom stereocenters. The maximum atomic E-state index is 12.2. The Morgan fingerprint density at radius 2 is 1.33 bits per heavy atom. The number of H-pyrrole nitrogens is 2. The Morgan fingerprint density at radius 1 is 0.770 bits per heavy atom. The van der Waals surface area contributed by atoms with Crippen molar-refractivity contribution >= 4 is 52.0 Å². The summed E-state index contributed by atoms with van der Waals surface area (Å²) in [7, 11) is 5.42. The largest absolute Gasteiger partial charge is 0.468 e. The van der Waals surface area contributed by atoms with Crippen LogP contribution in [0.4, 0.5) is 0 Å². The maximum Gasteiger partial charge on any atom is 0.337 e. The van der Waals surface area contributed by atoms with E-state index in [1.165, 1.54) is 28.4 Å². The average Bonchev–Trinajstić information content (AvgIpc) is 3.91. The lowest BCUT2D eigenvalue weighted by molar-refractivity contribution is -0.143. The topological polar surface area (TPSA) is 192 Å². The number of rotatable bonds is 8. The smallest absolute Gasteiger partial charge is 0.337 e. The van der Waals surface area contributed by atoms with Crippen molar-refractivity contribution in [3.05, 3.63) is 142 Å². The Balaban J connectivity index is 0.000000324. The fourth-order valence-electron chi connectivity index (χ4n) is 6.38. The highest BCUT2D eigenvalue weighted by molar-refractivity contribution is 5.91. The number of carbonyl (C=O) groups is 5. The van der Waals surface area contributed by atoms with Crippen LogP contribution in [0.25, 0.3) is 21.8 Å². The zero-order valence-corrected chi connectivity index (χ0v) is 33.9. The quantitative estimate of drug-likeness (QED) is 0.0612. The molecular weight excluding hydrogens is 777 g/mol. The predicted octanol–water partition coefficient (Wildman–Crippen LogP) is 5.98. The van der Waals surface area contributed by atoms with Gasteiger partial charge in [-0.15, -0.1) is 12.8 Å². The number of nitrogens with two attached hydrogens (primary N) is 1. The number of benzene rings is 4. The third kappa shape index (κ3) is 12.1. The van der Waals surface area contributed by atoms with Crippen molar-refractivity contribution in [3.63, 3.8) is 0 Å². The van der Waals surface area contributed by atoms with Crippen molar-refractivity contribution in [2.75, 3.05) is 28.4 Å². The second kappa shape index (κ2) is 22.9. The number of hydrogen-bond donors (Lipinski definition) is 4. The number of ether oxygens (including phenoxy) is 4. The first kappa shape index (κ1) is 45.8. The zero-order valence-electron chi connectivity index (χ0n) is 33.9. The molecule has 0 spiro atoms. The minimum absolute atomic E-state index is 0. The molecule has 61 heavy (non-hydrogen) atoms. The Hall–Kier alpha value is -7.89. The van der Waals surface area contributed by atoms with Crippen LogP contribution >= 0.6 is 0 Å². The zero-order chi connectivity index (χ0) is 44.3. The van der Waals surface area contributed by atoms with Crippen molar-refractivity contribution in [1.82, 2.24) is 15.3 Å². The van der Waals surface area contributed by atoms with Gasteiger partial charge < -0.3 is 34.6 Å². The number of para-hydroxylation sites is 2. The third-order valence-corrected chi connectivity index (χ3v) is 9.36. The van der Waals surface area contributed by atoms with Crippen LogP contribution in [-0.2, 0) is 41.4 Å². The molecule has 1 aliphatic heterocycles. The first-order valence-electron chi connectivity index (χ1n) is 18.6. The molecule has 5 N–H and O–H groups in total. The predicted molar refractivity (Wildman–Crippen MR) is 235 cm³/mol. The van der Waals surface area contributed by atoms with E-state index >= 15 is 0 Å². The van der Waals surface area contributed by atoms with Crippen LogP contribution in [0, 0.1) is 36.5 Å². The van der Waals surface area contributed by atoms with Crippen molar-refractivity contribution in [1.29, 1.82) is 0 Å². The summed E-state index contributed by atoms with van der Waals surface area (Å²) in [6.45, 7) is 0. The number of aromatic amines is 2. The van der Waals surface area contributed by atoms with Crippen LogP contribution in [0.15, 0.2) is 103 Å². The van der Waals surface area contributed by atoms with E-state index in [-0.39, 0.29) is 26.8 Å². The van der Waals surface area contributed by atoms with Crippen LogP contribution in [0.5, 0.6) is 0 Å². The molecule has 0 amide bonds. The number of nitrogens with one attached hydrogen (secondary N) is 3. The lowest BCUT2D eigenvalue weighted by atomic mass is 9.90. The second-order valence-electron chi connectivity index (χ2n) is 13.0. The van der Waals surface area contributed by atoms with Crippen molar-refractivity contribution in [3.8, 4) is 36.5 Å². The van der Waals surface area contributed by atoms with Crippen LogP contribution < -0.4 is 11.1 Å². The summed E-state index contributed by atoms with van der Waals surface area (Å²) in [5.41, 5.74) is 13.4. The van der Waals surface area contributed by atoms with E-state index in [1.54, 1.807) is 36.4 Å². The van der Waals surface area contributed by atoms with E-state index in [0.29, 0.717) is 29.5 Å². The molecule has 0 bridgehead atoms. The fraction of sp³-hybridized carbons (Fsp3) is 0.188. The van der Waals surface area contributed by atoms with E-state index in [4.69, 9.17) is 28.1 Å². The highest BCUT2D eigenvalue weighted by atomic mass is 16.5. The molecular formula is C48H48N4O9. The molecule has 1 aliphatic rings. The van der Waals surface area contributed by atoms with Gasteiger partial charge in [0.2, 0.25) is 0 Å². The van der Waals surface area contributed by atoms with Crippen LogP contribution in [0.3, 0.4) is 0 Å². The van der Waals surface area contributed by atoms with Crippen LogP contribution in [-0.4, -0.2) is 80.7 Å². The maximum absolute atomic E-state index is 12.2. The molecule has 13 nitrogen and oxygen atoms in total. The highest BCUT2D eigenvalue weighted by Gasteiger charge is 2.34. The number of methoxy groups -OCH3 is 4. The highest BCUT2D eigenvalue weighted by Crippen LogP contribution is 2.35. The van der Waals surface area contributed by atoms with Crippen LogP contribution in [0.1, 0.15) is 62.4 Å². The summed E-state index contributed by atoms with van der Waals surface area (Å²) in [4.78, 5) is 62.9. The number of terminal acetylenes is 2. The molecule has 0 saturated heterocycles. The number of aldehydes is 1. The van der Waals surface area contributed by atoms with Crippen molar-refractivity contribution < 1.29 is 45.8 Å². The van der Waals surface area contributed by atoms with E-state index in [1.807, 2.05) is 60.8 Å². The molecule has 0 radical (unpaired) electrons. The van der Waals surface area contributed by atoms with Gasteiger partial charge in [-0.05, 0) is 76.8 Å². The number of esters is 4. The summed E-state index contributed by atoms with van der Waals surface area (Å²) in [5, 5.41) is 5.59. The Kier molecular flexibility index (Phi) is 17.2. The molecule has 6 aromatic rings. The van der Waals surface area contributed by atoms with E-state index < -0.39 is 18.1 Å². The van der Waals surface area contributed by atoms with E-state index in [9.17, 15) is 24.0 Å². The molecule has 0 fully saturated rings. The first-order chi connectivity index (χ1) is 29.5. The third-order valence-electron chi connectivity index (χ3n) is 9.36. The summed E-state index contributed by atoms with van der Waals surface area (Å²) in [5.74, 6) is 7.16. The molecule has 3 heterocycles. The Morgan fingerprint density at radius 3 is 1.87 bits per heavy atom. The second-order valence-corrected chi connectivity index (χ2v) is 13.0. The number of aromatic nitrogens is 2. The number of fused-ring (bicyclic) bond motifs is 4. The molecule has 13 heteroatoms. The van der Waals surface area contributed by atoms with E-state index in [0.717, 1.165) is 50.5 Å². The minimum Gasteiger partial charge on any atom is -0.468 e. The number of hydrogen-bond acceptors (Lipinski definition) is 11. The minimum atomic E-state index is -0.607. The summed E-state index contributed by atoms with van der Waals surface area (Å²) in [6.07, 6.45) is 13.0. The molecule has 3 atom stereocenters. The van der Waals surface area contributed by atoms with Gasteiger partial charge in [0.05, 0.1) is 45.6 Å². The summed E-state index contributed by atoms with van der Waals surface area (Å²) in [6, 6.07) is 28.2. The van der Waals surface area contributed by atoms with Gasteiger partial charge in [0.1, 0.15) is 18.4 Å². The van der Waals surface area contributed by atoms with Gasteiger partial charge in [-0.3, -0.25) is 19.7 Å². The lowest BCUT2D eigenvalue weighted by Gasteiger charge is -2.30. The average molecular weight is 825 g/mol. The van der Waals surface area contributed by atoms with Gasteiger partial charge in [0.25, 0.3) is 0 Å². The van der Waals surface area contributed by atoms with Gasteiger partial charge in [-0.2, -0.15) is 0 Å². The van der Waals surface area contributed by atoms with E-state index in [2.05, 4.69) is 54.5 Å².